The van der Waals surface area contributed by atoms with Gasteiger partial charge in [-0.05, 0) is 33.9 Å². The van der Waals surface area contributed by atoms with Crippen LogP contribution in [0.25, 0.3) is 11.1 Å². The van der Waals surface area contributed by atoms with E-state index < -0.39 is 46.8 Å². The zero-order chi connectivity index (χ0) is 35.5. The minimum atomic E-state index is -2.34. The molecule has 2 N–H and O–H groups in total. The number of aromatic nitrogens is 3. The van der Waals surface area contributed by atoms with Gasteiger partial charge in [-0.2, -0.15) is 0 Å². The first-order valence-electron chi connectivity index (χ1n) is 15.5. The lowest BCUT2D eigenvalue weighted by Gasteiger charge is -2.41. The van der Waals surface area contributed by atoms with Crippen LogP contribution in [0, 0.1) is 35.0 Å². The van der Waals surface area contributed by atoms with Gasteiger partial charge in [0.25, 0.3) is 5.91 Å². The normalized spacial score (nSPS) is 19.0. The molecule has 0 saturated carbocycles. The predicted octanol–water partition coefficient (Wildman–Crippen LogP) is 7.18. The molecule has 0 radical (unpaired) electrons. The molecule has 0 aliphatic carbocycles. The van der Waals surface area contributed by atoms with E-state index in [1.807, 2.05) is 66.2 Å². The summed E-state index contributed by atoms with van der Waals surface area (Å²) in [6.07, 6.45) is 0.424. The molecular formula is C36H31F5N4O4S. The standard InChI is InChI=1S/C36H31F5N4O4S/c1-19-26(17-50-36-44-43-18-45(36)2)48-35(49-33(19)23-8-6-20(16-46)7-9-23)24-12-10-22(11-13-24)25-5-3-4-21(14-25)15-42-34(47)27-28(37)30(39)32(41)31(40)29(27)38/h3-14,18-19,26,33,35,46H,15-17H2,1-2H3,(H,42,47)/t19-,26+,33+,35+/m0/s1. The van der Waals surface area contributed by atoms with Crippen LogP contribution in [0.2, 0.25) is 0 Å². The van der Waals surface area contributed by atoms with Crippen molar-refractivity contribution in [2.45, 2.75) is 43.7 Å². The maximum atomic E-state index is 14.1. The number of hydrogen-bond acceptors (Lipinski definition) is 7. The first-order chi connectivity index (χ1) is 24.0. The molecule has 4 atom stereocenters. The first kappa shape index (κ1) is 35.2. The first-order valence-corrected chi connectivity index (χ1v) is 16.5. The maximum Gasteiger partial charge on any atom is 0.257 e. The van der Waals surface area contributed by atoms with E-state index in [1.165, 1.54) is 11.8 Å². The monoisotopic (exact) mass is 710 g/mol. The van der Waals surface area contributed by atoms with Crippen LogP contribution in [0.1, 0.15) is 51.9 Å². The molecule has 6 rings (SSSR count). The molecule has 14 heteroatoms. The number of amides is 1. The molecule has 1 fully saturated rings. The SMILES string of the molecule is C[C@H]1[C@@H](CSc2nncn2C)O[C@@H](c2ccc(-c3cccc(CNC(=O)c4c(F)c(F)c(F)c(F)c4F)c3)cc2)O[C@H]1c1ccc(CO)cc1. The summed E-state index contributed by atoms with van der Waals surface area (Å²) in [7, 11) is 1.87. The lowest BCUT2D eigenvalue weighted by molar-refractivity contribution is -0.268. The Bertz CT molecular complexity index is 1970. The number of thioether (sulfide) groups is 1. The number of ether oxygens (including phenoxy) is 2. The Labute approximate surface area is 288 Å². The molecular weight excluding hydrogens is 679 g/mol. The van der Waals surface area contributed by atoms with E-state index in [4.69, 9.17) is 9.47 Å². The van der Waals surface area contributed by atoms with Gasteiger partial charge in [0.05, 0.1) is 18.8 Å². The fourth-order valence-electron chi connectivity index (χ4n) is 5.64. The predicted molar refractivity (Wildman–Crippen MR) is 174 cm³/mol. The van der Waals surface area contributed by atoms with Crippen molar-refractivity contribution < 1.29 is 41.3 Å². The number of hydrogen-bond donors (Lipinski definition) is 2. The molecule has 8 nitrogen and oxygen atoms in total. The molecule has 4 aromatic carbocycles. The van der Waals surface area contributed by atoms with Crippen LogP contribution >= 0.6 is 11.8 Å². The van der Waals surface area contributed by atoms with Gasteiger partial charge in [0.2, 0.25) is 5.82 Å². The van der Waals surface area contributed by atoms with E-state index in [1.54, 1.807) is 24.5 Å². The van der Waals surface area contributed by atoms with Crippen LogP contribution in [0.4, 0.5) is 22.0 Å². The summed E-state index contributed by atoms with van der Waals surface area (Å²) in [5.74, 6) is -12.0. The number of carbonyl (C=O) groups excluding carboxylic acids is 1. The van der Waals surface area contributed by atoms with Crippen molar-refractivity contribution in [3.05, 3.63) is 136 Å². The number of aliphatic hydroxyl groups excluding tert-OH is 1. The van der Waals surface area contributed by atoms with Crippen LogP contribution in [0.15, 0.2) is 84.3 Å². The van der Waals surface area contributed by atoms with E-state index in [0.29, 0.717) is 11.3 Å². The molecule has 2 heterocycles. The van der Waals surface area contributed by atoms with Crippen molar-refractivity contribution in [3.63, 3.8) is 0 Å². The zero-order valence-corrected chi connectivity index (χ0v) is 27.6. The van der Waals surface area contributed by atoms with E-state index in [2.05, 4.69) is 22.4 Å². The molecule has 1 amide bonds. The lowest BCUT2D eigenvalue weighted by atomic mass is 9.91. The minimum absolute atomic E-state index is 0.0245. The number of benzene rings is 4. The van der Waals surface area contributed by atoms with Crippen molar-refractivity contribution in [1.82, 2.24) is 20.1 Å². The summed E-state index contributed by atoms with van der Waals surface area (Å²) in [6.45, 7) is 1.78. The van der Waals surface area contributed by atoms with E-state index in [9.17, 15) is 31.9 Å². The van der Waals surface area contributed by atoms with Gasteiger partial charge in [-0.15, -0.1) is 10.2 Å². The summed E-state index contributed by atoms with van der Waals surface area (Å²) in [6, 6.07) is 22.1. The summed E-state index contributed by atoms with van der Waals surface area (Å²) in [5.41, 5.74) is 3.05. The maximum absolute atomic E-state index is 14.1. The van der Waals surface area contributed by atoms with Crippen molar-refractivity contribution >= 4 is 17.7 Å². The van der Waals surface area contributed by atoms with Crippen molar-refractivity contribution in [2.75, 3.05) is 5.75 Å². The van der Waals surface area contributed by atoms with Gasteiger partial charge in [0.1, 0.15) is 11.9 Å². The average molecular weight is 711 g/mol. The number of halogens is 5. The Morgan fingerprint density at radius 3 is 2.16 bits per heavy atom. The lowest BCUT2D eigenvalue weighted by Crippen LogP contribution is -2.38. The number of carbonyl (C=O) groups is 1. The van der Waals surface area contributed by atoms with Gasteiger partial charge < -0.3 is 24.5 Å². The molecule has 1 aliphatic rings. The number of aryl methyl sites for hydroxylation is 1. The molecule has 1 aromatic heterocycles. The number of rotatable bonds is 10. The molecule has 0 unspecified atom stereocenters. The second-order valence-electron chi connectivity index (χ2n) is 11.8. The molecule has 50 heavy (non-hydrogen) atoms. The third-order valence-corrected chi connectivity index (χ3v) is 9.63. The topological polar surface area (TPSA) is 98.5 Å². The highest BCUT2D eigenvalue weighted by Crippen LogP contribution is 2.43. The number of aliphatic hydroxyl groups is 1. The Kier molecular flexibility index (Phi) is 10.6. The molecule has 1 saturated heterocycles. The molecule has 1 aliphatic heterocycles. The van der Waals surface area contributed by atoms with Crippen LogP contribution < -0.4 is 5.32 Å². The fraction of sp³-hybridized carbons (Fsp3) is 0.250. The Morgan fingerprint density at radius 1 is 0.860 bits per heavy atom. The molecule has 5 aromatic rings. The van der Waals surface area contributed by atoms with Crippen molar-refractivity contribution in [2.24, 2.45) is 13.0 Å². The second-order valence-corrected chi connectivity index (χ2v) is 12.8. The highest BCUT2D eigenvalue weighted by Gasteiger charge is 2.38. The van der Waals surface area contributed by atoms with Crippen LogP contribution in [0.5, 0.6) is 0 Å². The summed E-state index contributed by atoms with van der Waals surface area (Å²) in [4.78, 5) is 12.4. The van der Waals surface area contributed by atoms with Crippen LogP contribution in [-0.4, -0.2) is 37.6 Å². The molecule has 260 valence electrons. The Hall–Kier alpha value is -4.63. The fourth-order valence-corrected chi connectivity index (χ4v) is 6.69. The van der Waals surface area contributed by atoms with Gasteiger partial charge in [0, 0.05) is 30.8 Å². The summed E-state index contributed by atoms with van der Waals surface area (Å²) >= 11 is 1.54. The number of nitrogens with zero attached hydrogens (tertiary/aromatic N) is 3. The van der Waals surface area contributed by atoms with E-state index >= 15 is 0 Å². The highest BCUT2D eigenvalue weighted by atomic mass is 32.2. The number of nitrogens with one attached hydrogen (secondary N) is 1. The summed E-state index contributed by atoms with van der Waals surface area (Å²) < 4.78 is 83.7. The van der Waals surface area contributed by atoms with Gasteiger partial charge >= 0.3 is 0 Å². The van der Waals surface area contributed by atoms with Gasteiger partial charge in [0.15, 0.2) is 34.7 Å². The van der Waals surface area contributed by atoms with Gasteiger partial charge in [-0.3, -0.25) is 4.79 Å². The van der Waals surface area contributed by atoms with E-state index in [0.717, 1.165) is 33.0 Å². The Balaban J connectivity index is 1.18. The molecule has 0 spiro atoms. The zero-order valence-electron chi connectivity index (χ0n) is 26.7. The highest BCUT2D eigenvalue weighted by molar-refractivity contribution is 7.99. The average Bonchev–Trinajstić information content (AvgIpc) is 3.56. The van der Waals surface area contributed by atoms with Crippen LogP contribution in [-0.2, 0) is 29.7 Å². The van der Waals surface area contributed by atoms with Crippen LogP contribution in [0.3, 0.4) is 0 Å². The largest absolute Gasteiger partial charge is 0.392 e. The minimum Gasteiger partial charge on any atom is -0.392 e. The summed E-state index contributed by atoms with van der Waals surface area (Å²) in [5, 5.41) is 20.6. The van der Waals surface area contributed by atoms with Gasteiger partial charge in [-0.1, -0.05) is 85.4 Å². The molecule has 0 bridgehead atoms. The second kappa shape index (κ2) is 15.1. The van der Waals surface area contributed by atoms with Crippen molar-refractivity contribution in [3.8, 4) is 11.1 Å². The third-order valence-electron chi connectivity index (χ3n) is 8.50. The third kappa shape index (κ3) is 7.29. The smallest absolute Gasteiger partial charge is 0.257 e. The van der Waals surface area contributed by atoms with Crippen molar-refractivity contribution in [1.29, 1.82) is 0 Å². The Morgan fingerprint density at radius 2 is 1.52 bits per heavy atom. The van der Waals surface area contributed by atoms with Gasteiger partial charge in [-0.25, -0.2) is 22.0 Å². The van der Waals surface area contributed by atoms with E-state index in [-0.39, 0.29) is 31.3 Å². The quantitative estimate of drug-likeness (QED) is 0.0686.